The molecule has 9 rings (SSSR count). The zero-order chi connectivity index (χ0) is 44.6. The third-order valence-corrected chi connectivity index (χ3v) is 12.1. The van der Waals surface area contributed by atoms with Crippen molar-refractivity contribution in [1.82, 2.24) is 14.1 Å². The van der Waals surface area contributed by atoms with E-state index < -0.39 is 6.85 Å². The van der Waals surface area contributed by atoms with Crippen molar-refractivity contribution in [2.45, 2.75) is 81.0 Å². The number of aryl methyl sites for hydroxylation is 1. The normalized spacial score (nSPS) is 16.1. The smallest absolute Gasteiger partial charge is 0.269 e. The van der Waals surface area contributed by atoms with Gasteiger partial charge in [0.15, 0.2) is 0 Å². The predicted molar refractivity (Wildman–Crippen MR) is 249 cm³/mol. The summed E-state index contributed by atoms with van der Waals surface area (Å²) < 4.78 is 38.8. The van der Waals surface area contributed by atoms with Crippen LogP contribution < -0.4 is 9.30 Å². The molecule has 0 bridgehead atoms. The third kappa shape index (κ3) is 7.25. The molecular weight excluding hydrogens is 733 g/mol. The summed E-state index contributed by atoms with van der Waals surface area (Å²) in [7, 11) is 0. The number of hydrogen-bond acceptors (Lipinski definition) is 2. The van der Waals surface area contributed by atoms with E-state index >= 15 is 0 Å². The lowest BCUT2D eigenvalue weighted by Crippen LogP contribution is -2.37. The molecule has 1 atom stereocenters. The number of nitrogens with zero attached hydrogens (tertiary/aromatic N) is 4. The van der Waals surface area contributed by atoms with Gasteiger partial charge in [0.25, 0.3) is 6.33 Å². The molecule has 8 aromatic rings. The van der Waals surface area contributed by atoms with Crippen LogP contribution in [0.2, 0.25) is 0 Å². The lowest BCUT2D eigenvalue weighted by atomic mass is 9.71. The summed E-state index contributed by atoms with van der Waals surface area (Å²) >= 11 is 0. The Kier molecular flexibility index (Phi) is 8.64. The fourth-order valence-corrected chi connectivity index (χ4v) is 8.47. The summed E-state index contributed by atoms with van der Waals surface area (Å²) in [6, 6.07) is 41.2. The fraction of sp³-hybridized carbons (Fsp3) is 0.273. The van der Waals surface area contributed by atoms with Crippen molar-refractivity contribution in [1.29, 1.82) is 0 Å². The average Bonchev–Trinajstić information content (AvgIpc) is 3.78. The second-order valence-corrected chi connectivity index (χ2v) is 19.5. The molecule has 5 heteroatoms. The minimum Gasteiger partial charge on any atom is -0.458 e. The van der Waals surface area contributed by atoms with Gasteiger partial charge >= 0.3 is 0 Å². The maximum absolute atomic E-state index is 8.61. The van der Waals surface area contributed by atoms with Crippen LogP contribution >= 0.6 is 0 Å². The van der Waals surface area contributed by atoms with Crippen LogP contribution in [0.15, 0.2) is 145 Å². The monoisotopic (exact) mass is 791 g/mol. The van der Waals surface area contributed by atoms with Gasteiger partial charge in [-0.15, -0.1) is 0 Å². The predicted octanol–water partition coefficient (Wildman–Crippen LogP) is 14.2. The molecule has 3 aromatic heterocycles. The summed E-state index contributed by atoms with van der Waals surface area (Å²) in [6.45, 7) is 17.8. The van der Waals surface area contributed by atoms with Crippen LogP contribution in [0.5, 0.6) is 11.5 Å². The molecule has 0 radical (unpaired) electrons. The Morgan fingerprint density at radius 3 is 2.23 bits per heavy atom. The first-order valence-corrected chi connectivity index (χ1v) is 21.1. The van der Waals surface area contributed by atoms with E-state index in [4.69, 9.17) is 13.8 Å². The standard InChI is InChI=1S/C55H56N4O/c1-36-16-14-21-49-52(36)58(43-30-40(54(5,6)7)29-41(31-43)55(8,9)10)35-57(49)42-19-15-20-44(33-42)60-45-23-24-46-47-28-38(37-17-12-11-13-18-37)22-25-48(47)59(50(46)34-45)51-32-39(26-27-56-51)53(2,3)4/h11-30,32-34,41H,31H2,1-10H3/t41-/m0/s1/i1D3. The third-order valence-electron chi connectivity index (χ3n) is 12.1. The van der Waals surface area contributed by atoms with Crippen molar-refractivity contribution in [3.05, 3.63) is 163 Å². The van der Waals surface area contributed by atoms with Gasteiger partial charge in [-0.05, 0) is 124 Å². The van der Waals surface area contributed by atoms with Crippen LogP contribution in [-0.4, -0.2) is 14.1 Å². The summed E-state index contributed by atoms with van der Waals surface area (Å²) in [5, 5.41) is 2.24. The van der Waals surface area contributed by atoms with E-state index in [2.05, 4.69) is 152 Å². The Morgan fingerprint density at radius 2 is 1.48 bits per heavy atom. The number of pyridine rings is 1. The van der Waals surface area contributed by atoms with Gasteiger partial charge in [-0.2, -0.15) is 0 Å². The Bertz CT molecular complexity index is 3110. The average molecular weight is 792 g/mol. The number of allylic oxidation sites excluding steroid dienone is 4. The van der Waals surface area contributed by atoms with Crippen molar-refractivity contribution in [2.75, 3.05) is 0 Å². The van der Waals surface area contributed by atoms with Gasteiger partial charge in [0.05, 0.1) is 27.8 Å². The van der Waals surface area contributed by atoms with Crippen molar-refractivity contribution in [3.63, 3.8) is 0 Å². The first kappa shape index (κ1) is 35.7. The van der Waals surface area contributed by atoms with Crippen LogP contribution in [0.3, 0.4) is 0 Å². The molecular formula is C55H56N4O. The van der Waals surface area contributed by atoms with Crippen molar-refractivity contribution in [2.24, 2.45) is 16.7 Å². The van der Waals surface area contributed by atoms with E-state index in [0.717, 1.165) is 62.1 Å². The molecule has 5 nitrogen and oxygen atoms in total. The maximum Gasteiger partial charge on any atom is 0.269 e. The molecule has 0 aliphatic heterocycles. The number of fused-ring (bicyclic) bond motifs is 4. The van der Waals surface area contributed by atoms with Crippen LogP contribution in [0.25, 0.3) is 61.2 Å². The first-order valence-electron chi connectivity index (χ1n) is 22.6. The number of para-hydroxylation sites is 1. The molecule has 1 aliphatic carbocycles. The Labute approximate surface area is 359 Å². The summed E-state index contributed by atoms with van der Waals surface area (Å²) in [6.07, 6.45) is 10.9. The number of rotatable bonds is 6. The molecule has 1 aliphatic rings. The molecule has 3 heterocycles. The lowest BCUT2D eigenvalue weighted by molar-refractivity contribution is -0.561. The second-order valence-electron chi connectivity index (χ2n) is 19.5. The molecule has 0 saturated heterocycles. The van der Waals surface area contributed by atoms with Gasteiger partial charge in [0.1, 0.15) is 17.3 Å². The molecule has 5 aromatic carbocycles. The number of aromatic nitrogens is 4. The largest absolute Gasteiger partial charge is 0.458 e. The molecule has 0 fully saturated rings. The van der Waals surface area contributed by atoms with Crippen LogP contribution in [-0.2, 0) is 5.41 Å². The van der Waals surface area contributed by atoms with Crippen LogP contribution in [0.1, 0.15) is 84.0 Å². The zero-order valence-electron chi connectivity index (χ0n) is 39.3. The highest BCUT2D eigenvalue weighted by molar-refractivity contribution is 6.10. The number of ether oxygens (including phenoxy) is 1. The Morgan fingerprint density at radius 1 is 0.700 bits per heavy atom. The van der Waals surface area contributed by atoms with Gasteiger partial charge in [-0.25, -0.2) is 4.98 Å². The highest BCUT2D eigenvalue weighted by Crippen LogP contribution is 2.42. The van der Waals surface area contributed by atoms with Gasteiger partial charge in [0.2, 0.25) is 0 Å². The highest BCUT2D eigenvalue weighted by atomic mass is 16.5. The van der Waals surface area contributed by atoms with E-state index in [-0.39, 0.29) is 22.2 Å². The Balaban J connectivity index is 1.16. The van der Waals surface area contributed by atoms with Gasteiger partial charge in [-0.3, -0.25) is 13.7 Å². The Hall–Kier alpha value is -6.20. The number of benzene rings is 5. The van der Waals surface area contributed by atoms with E-state index in [9.17, 15) is 0 Å². The minimum atomic E-state index is -2.33. The van der Waals surface area contributed by atoms with E-state index in [1.54, 1.807) is 6.07 Å². The van der Waals surface area contributed by atoms with Crippen molar-refractivity contribution >= 4 is 38.5 Å². The second kappa shape index (κ2) is 14.5. The lowest BCUT2D eigenvalue weighted by Gasteiger charge is -2.35. The number of hydrogen-bond donors (Lipinski definition) is 0. The van der Waals surface area contributed by atoms with E-state index in [1.807, 2.05) is 63.9 Å². The zero-order valence-corrected chi connectivity index (χ0v) is 36.3. The summed E-state index contributed by atoms with van der Waals surface area (Å²) in [5.74, 6) is 2.43. The minimum absolute atomic E-state index is 0.00290. The molecule has 0 saturated carbocycles. The van der Waals surface area contributed by atoms with E-state index in [0.29, 0.717) is 22.6 Å². The molecule has 0 spiro atoms. The topological polar surface area (TPSA) is 35.9 Å². The van der Waals surface area contributed by atoms with Crippen molar-refractivity contribution in [3.8, 4) is 34.1 Å². The van der Waals surface area contributed by atoms with Gasteiger partial charge in [-0.1, -0.05) is 129 Å². The SMILES string of the molecule is [2H]C([2H])([2H])c1cccc2c1[n+](C1=CC(C(C)(C)C)=C[C@H](C(C)(C)C)C1)[c-]n2-c1cccc(Oc2ccc3c4cc(-c5ccccc5)ccc4n(-c4cc(C(C)(C)C)ccn4)c3c2)c1. The summed E-state index contributed by atoms with van der Waals surface area (Å²) in [5.41, 5.74) is 10.2. The quantitative estimate of drug-likeness (QED) is 0.124. The highest BCUT2D eigenvalue weighted by Gasteiger charge is 2.31. The molecule has 0 N–H and O–H groups in total. The first-order chi connectivity index (χ1) is 29.7. The van der Waals surface area contributed by atoms with Gasteiger partial charge in [0, 0.05) is 32.8 Å². The molecule has 302 valence electrons. The van der Waals surface area contributed by atoms with Crippen LogP contribution in [0, 0.1) is 29.9 Å². The molecule has 60 heavy (non-hydrogen) atoms. The molecule has 0 amide bonds. The van der Waals surface area contributed by atoms with E-state index in [1.165, 1.54) is 11.1 Å². The maximum atomic E-state index is 8.61. The summed E-state index contributed by atoms with van der Waals surface area (Å²) in [4.78, 5) is 4.92. The van der Waals surface area contributed by atoms with Crippen molar-refractivity contribution < 1.29 is 13.4 Å². The fourth-order valence-electron chi connectivity index (χ4n) is 8.47. The van der Waals surface area contributed by atoms with Gasteiger partial charge < -0.3 is 4.74 Å². The molecule has 0 unspecified atom stereocenters. The van der Waals surface area contributed by atoms with Crippen LogP contribution in [0.4, 0.5) is 0 Å². The number of imidazole rings is 1.